The lowest BCUT2D eigenvalue weighted by atomic mass is 9.77. The zero-order valence-electron chi connectivity index (χ0n) is 16.1. The van der Waals surface area contributed by atoms with Crippen molar-refractivity contribution < 1.29 is 14.3 Å². The number of benzene rings is 1. The molecule has 1 aromatic carbocycles. The second kappa shape index (κ2) is 7.10. The third-order valence-electron chi connectivity index (χ3n) is 6.07. The van der Waals surface area contributed by atoms with Crippen LogP contribution in [0.2, 0.25) is 0 Å². The van der Waals surface area contributed by atoms with Gasteiger partial charge in [-0.15, -0.1) is 0 Å². The highest BCUT2D eigenvalue weighted by Crippen LogP contribution is 2.48. The minimum absolute atomic E-state index is 0.0592. The highest BCUT2D eigenvalue weighted by Gasteiger charge is 2.52. The van der Waals surface area contributed by atoms with Crippen LogP contribution in [0, 0.1) is 12.8 Å². The molecule has 0 saturated heterocycles. The van der Waals surface area contributed by atoms with Gasteiger partial charge in [0.05, 0.1) is 17.5 Å². The number of pyridine rings is 1. The summed E-state index contributed by atoms with van der Waals surface area (Å²) in [7, 11) is 0. The van der Waals surface area contributed by atoms with Gasteiger partial charge in [0.25, 0.3) is 5.91 Å². The Bertz CT molecular complexity index is 1030. The molecule has 0 spiro atoms. The normalized spacial score (nSPS) is 26.3. The van der Waals surface area contributed by atoms with Crippen molar-refractivity contribution in [3.8, 4) is 0 Å². The molecule has 2 aliphatic heterocycles. The Hall–Kier alpha value is -2.47. The molecule has 3 heterocycles. The third kappa shape index (κ3) is 3.01. The van der Waals surface area contributed by atoms with E-state index in [4.69, 9.17) is 4.74 Å². The van der Waals surface area contributed by atoms with Crippen LogP contribution in [0.25, 0.3) is 0 Å². The van der Waals surface area contributed by atoms with Gasteiger partial charge in [-0.05, 0) is 55.5 Å². The van der Waals surface area contributed by atoms with Crippen LogP contribution in [-0.4, -0.2) is 22.8 Å². The highest BCUT2D eigenvalue weighted by atomic mass is 79.9. The first-order chi connectivity index (χ1) is 14.0. The molecule has 1 saturated carbocycles. The number of ether oxygens (including phenoxy) is 1. The first-order valence-corrected chi connectivity index (χ1v) is 10.8. The standard InChI is InChI=1S/C23H21BrN2O3/c1-13-9-10-18(25-12-13)26-20(14-5-4-6-15(24)11-14)19-21(27)16-7-2-3-8-17(16)29-22(19)23(26)28/h4-6,9-12,16-17,20H,2-3,7-8H2,1H3. The first-order valence-electron chi connectivity index (χ1n) is 10.0. The van der Waals surface area contributed by atoms with Crippen LogP contribution in [0.5, 0.6) is 0 Å². The minimum Gasteiger partial charge on any atom is -0.483 e. The Labute approximate surface area is 177 Å². The molecule has 0 bridgehead atoms. The van der Waals surface area contributed by atoms with Gasteiger partial charge < -0.3 is 4.74 Å². The van der Waals surface area contributed by atoms with Gasteiger partial charge in [0, 0.05) is 10.7 Å². The van der Waals surface area contributed by atoms with Crippen molar-refractivity contribution in [2.24, 2.45) is 5.92 Å². The number of carbonyl (C=O) groups is 2. The minimum atomic E-state index is -0.527. The van der Waals surface area contributed by atoms with Gasteiger partial charge in [-0.25, -0.2) is 4.98 Å². The Morgan fingerprint density at radius 2 is 1.97 bits per heavy atom. The molecule has 0 radical (unpaired) electrons. The van der Waals surface area contributed by atoms with E-state index in [1.165, 1.54) is 0 Å². The Kier molecular flexibility index (Phi) is 4.54. The molecule has 29 heavy (non-hydrogen) atoms. The Morgan fingerprint density at radius 1 is 1.14 bits per heavy atom. The summed E-state index contributed by atoms with van der Waals surface area (Å²) in [5.41, 5.74) is 2.36. The van der Waals surface area contributed by atoms with Crippen LogP contribution < -0.4 is 4.90 Å². The summed E-state index contributed by atoms with van der Waals surface area (Å²) in [6.07, 6.45) is 5.25. The number of nitrogens with zero attached hydrogens (tertiary/aromatic N) is 2. The van der Waals surface area contributed by atoms with Crippen LogP contribution in [0.1, 0.15) is 42.9 Å². The van der Waals surface area contributed by atoms with Gasteiger partial charge in [0.1, 0.15) is 11.9 Å². The van der Waals surface area contributed by atoms with Crippen LogP contribution >= 0.6 is 15.9 Å². The summed E-state index contributed by atoms with van der Waals surface area (Å²) in [4.78, 5) is 33.1. The number of Topliss-reactive ketones (excluding diaryl/α,β-unsaturated/α-hetero) is 1. The van der Waals surface area contributed by atoms with Gasteiger partial charge in [0.2, 0.25) is 0 Å². The largest absolute Gasteiger partial charge is 0.483 e. The van der Waals surface area contributed by atoms with Crippen LogP contribution in [0.4, 0.5) is 5.82 Å². The molecule has 5 rings (SSSR count). The molecule has 1 amide bonds. The van der Waals surface area contributed by atoms with Crippen molar-refractivity contribution in [1.29, 1.82) is 0 Å². The van der Waals surface area contributed by atoms with Crippen molar-refractivity contribution in [2.45, 2.75) is 44.8 Å². The van der Waals surface area contributed by atoms with E-state index in [2.05, 4.69) is 20.9 Å². The van der Waals surface area contributed by atoms with E-state index >= 15 is 0 Å². The van der Waals surface area contributed by atoms with E-state index in [0.717, 1.165) is 41.3 Å². The van der Waals surface area contributed by atoms with Gasteiger partial charge >= 0.3 is 0 Å². The van der Waals surface area contributed by atoms with Gasteiger partial charge in [-0.2, -0.15) is 0 Å². The molecule has 1 fully saturated rings. The number of amides is 1. The maximum absolute atomic E-state index is 13.5. The molecular formula is C23H21BrN2O3. The van der Waals surface area contributed by atoms with Gasteiger partial charge in [0.15, 0.2) is 11.5 Å². The molecule has 5 nitrogen and oxygen atoms in total. The summed E-state index contributed by atoms with van der Waals surface area (Å²) >= 11 is 3.52. The fraction of sp³-hybridized carbons (Fsp3) is 0.348. The molecule has 3 aliphatic rings. The number of ketones is 1. The Balaban J connectivity index is 1.66. The van der Waals surface area contributed by atoms with E-state index in [1.54, 1.807) is 11.1 Å². The summed E-state index contributed by atoms with van der Waals surface area (Å²) in [6, 6.07) is 11.0. The quantitative estimate of drug-likeness (QED) is 0.664. The molecule has 3 atom stereocenters. The molecule has 3 unspecified atom stereocenters. The maximum Gasteiger partial charge on any atom is 0.295 e. The molecule has 6 heteroatoms. The number of aryl methyl sites for hydroxylation is 1. The van der Waals surface area contributed by atoms with Crippen LogP contribution in [-0.2, 0) is 14.3 Å². The summed E-state index contributed by atoms with van der Waals surface area (Å²) in [5.74, 6) is 0.364. The first kappa shape index (κ1) is 18.6. The number of aromatic nitrogens is 1. The fourth-order valence-corrected chi connectivity index (χ4v) is 5.09. The summed E-state index contributed by atoms with van der Waals surface area (Å²) in [5, 5.41) is 0. The van der Waals surface area contributed by atoms with E-state index < -0.39 is 6.04 Å². The van der Waals surface area contributed by atoms with Crippen molar-refractivity contribution in [2.75, 3.05) is 4.90 Å². The smallest absolute Gasteiger partial charge is 0.295 e. The molecule has 1 aromatic heterocycles. The maximum atomic E-state index is 13.5. The average molecular weight is 453 g/mol. The van der Waals surface area contributed by atoms with Gasteiger partial charge in [-0.1, -0.05) is 40.5 Å². The number of halogens is 1. The topological polar surface area (TPSA) is 59.5 Å². The lowest BCUT2D eigenvalue weighted by Crippen LogP contribution is -2.39. The van der Waals surface area contributed by atoms with Crippen LogP contribution in [0.15, 0.2) is 58.4 Å². The average Bonchev–Trinajstić information content (AvgIpc) is 3.02. The molecular weight excluding hydrogens is 432 g/mol. The molecule has 148 valence electrons. The number of carbonyl (C=O) groups excluding carboxylic acids is 2. The van der Waals surface area contributed by atoms with E-state index in [0.29, 0.717) is 11.4 Å². The molecule has 0 N–H and O–H groups in total. The van der Waals surface area contributed by atoms with Crippen molar-refractivity contribution in [1.82, 2.24) is 4.98 Å². The summed E-state index contributed by atoms with van der Waals surface area (Å²) in [6.45, 7) is 1.95. The van der Waals surface area contributed by atoms with Crippen molar-refractivity contribution in [3.05, 3.63) is 69.5 Å². The SMILES string of the molecule is Cc1ccc(N2C(=O)C3=C(C(=O)C4CCCCC4O3)C2c2cccc(Br)c2)nc1. The predicted octanol–water partition coefficient (Wildman–Crippen LogP) is 4.65. The molecule has 2 aromatic rings. The summed E-state index contributed by atoms with van der Waals surface area (Å²) < 4.78 is 7.08. The third-order valence-corrected chi connectivity index (χ3v) is 6.56. The van der Waals surface area contributed by atoms with Crippen LogP contribution in [0.3, 0.4) is 0 Å². The van der Waals surface area contributed by atoms with E-state index in [9.17, 15) is 9.59 Å². The van der Waals surface area contributed by atoms with E-state index in [-0.39, 0.29) is 29.5 Å². The number of rotatable bonds is 2. The number of fused-ring (bicyclic) bond motifs is 1. The predicted molar refractivity (Wildman–Crippen MR) is 112 cm³/mol. The monoisotopic (exact) mass is 452 g/mol. The zero-order valence-corrected chi connectivity index (χ0v) is 17.7. The number of hydrogen-bond donors (Lipinski definition) is 0. The zero-order chi connectivity index (χ0) is 20.1. The van der Waals surface area contributed by atoms with E-state index in [1.807, 2.05) is 43.3 Å². The Morgan fingerprint density at radius 3 is 2.72 bits per heavy atom. The second-order valence-electron chi connectivity index (χ2n) is 7.98. The number of anilines is 1. The second-order valence-corrected chi connectivity index (χ2v) is 8.90. The lowest BCUT2D eigenvalue weighted by molar-refractivity contribution is -0.131. The lowest BCUT2D eigenvalue weighted by Gasteiger charge is -2.35. The number of hydrogen-bond acceptors (Lipinski definition) is 4. The highest BCUT2D eigenvalue weighted by molar-refractivity contribution is 9.10. The fourth-order valence-electron chi connectivity index (χ4n) is 4.68. The van der Waals surface area contributed by atoms with Crippen molar-refractivity contribution >= 4 is 33.4 Å². The molecule has 1 aliphatic carbocycles. The van der Waals surface area contributed by atoms with Gasteiger partial charge in [-0.3, -0.25) is 14.5 Å². The van der Waals surface area contributed by atoms with Crippen molar-refractivity contribution in [3.63, 3.8) is 0 Å².